The Morgan fingerprint density at radius 3 is 2.88 bits per heavy atom. The molecule has 0 atom stereocenters. The Bertz CT molecular complexity index is 878. The summed E-state index contributed by atoms with van der Waals surface area (Å²) in [7, 11) is 0. The second-order valence-electron chi connectivity index (χ2n) is 5.85. The number of aromatic nitrogens is 3. The molecule has 3 aromatic heterocycles. The Morgan fingerprint density at radius 1 is 1.38 bits per heavy atom. The van der Waals surface area contributed by atoms with Crippen molar-refractivity contribution in [1.29, 1.82) is 0 Å². The molecule has 0 radical (unpaired) electrons. The van der Waals surface area contributed by atoms with Gasteiger partial charge < -0.3 is 9.84 Å². The lowest BCUT2D eigenvalue weighted by Gasteiger charge is -2.03. The van der Waals surface area contributed by atoms with Crippen LogP contribution in [0.3, 0.4) is 0 Å². The maximum Gasteiger partial charge on any atom is 0.274 e. The van der Waals surface area contributed by atoms with Crippen LogP contribution in [0.4, 0.5) is 4.39 Å². The van der Waals surface area contributed by atoms with Crippen LogP contribution in [0.5, 0.6) is 0 Å². The first-order valence-electron chi connectivity index (χ1n) is 7.81. The van der Waals surface area contributed by atoms with Crippen LogP contribution in [0, 0.1) is 26.7 Å². The van der Waals surface area contributed by atoms with Crippen LogP contribution in [-0.4, -0.2) is 27.0 Å². The van der Waals surface area contributed by atoms with Gasteiger partial charge in [0.15, 0.2) is 5.69 Å². The number of carbonyl (C=O) groups is 1. The predicted octanol–water partition coefficient (Wildman–Crippen LogP) is 2.75. The lowest BCUT2D eigenvalue weighted by atomic mass is 10.1. The molecule has 0 spiro atoms. The van der Waals surface area contributed by atoms with Gasteiger partial charge in [0.2, 0.25) is 5.95 Å². The summed E-state index contributed by atoms with van der Waals surface area (Å²) in [5.74, 6) is -0.360. The third kappa shape index (κ3) is 3.02. The van der Waals surface area contributed by atoms with Gasteiger partial charge in [-0.05, 0) is 51.3 Å². The first-order chi connectivity index (χ1) is 11.5. The summed E-state index contributed by atoms with van der Waals surface area (Å²) < 4.78 is 20.6. The molecule has 1 amide bonds. The molecule has 0 saturated heterocycles. The number of aryl methyl sites for hydroxylation is 3. The van der Waals surface area contributed by atoms with Crippen molar-refractivity contribution in [1.82, 2.24) is 19.9 Å². The largest absolute Gasteiger partial charge is 0.361 e. The summed E-state index contributed by atoms with van der Waals surface area (Å²) in [5.41, 5.74) is 3.12. The van der Waals surface area contributed by atoms with Crippen molar-refractivity contribution in [3.8, 4) is 0 Å². The third-order valence-corrected chi connectivity index (χ3v) is 4.01. The lowest BCUT2D eigenvalue weighted by Crippen LogP contribution is -2.26. The SMILES string of the molecule is Cc1ccn2c(F)c(C(=O)NCCCc3c(C)noc3C)nc2c1. The molecule has 7 heteroatoms. The average Bonchev–Trinajstić information content (AvgIpc) is 3.04. The highest BCUT2D eigenvalue weighted by Crippen LogP contribution is 2.15. The van der Waals surface area contributed by atoms with E-state index >= 15 is 0 Å². The standard InChI is InChI=1S/C17H19FN4O2/c1-10-6-8-22-14(9-10)20-15(16(22)18)17(23)19-7-4-5-13-11(2)21-24-12(13)3/h6,8-9H,4-5,7H2,1-3H3,(H,19,23). The summed E-state index contributed by atoms with van der Waals surface area (Å²) in [6, 6.07) is 3.50. The summed E-state index contributed by atoms with van der Waals surface area (Å²) in [6.45, 7) is 6.07. The molecule has 0 aliphatic carbocycles. The van der Waals surface area contributed by atoms with Crippen molar-refractivity contribution in [2.45, 2.75) is 33.6 Å². The molecule has 6 nitrogen and oxygen atoms in total. The number of fused-ring (bicyclic) bond motifs is 1. The fourth-order valence-corrected chi connectivity index (χ4v) is 2.67. The van der Waals surface area contributed by atoms with Gasteiger partial charge >= 0.3 is 0 Å². The van der Waals surface area contributed by atoms with Crippen LogP contribution in [0.1, 0.15) is 39.5 Å². The van der Waals surface area contributed by atoms with Crippen LogP contribution in [-0.2, 0) is 6.42 Å². The number of nitrogens with zero attached hydrogens (tertiary/aromatic N) is 3. The summed E-state index contributed by atoms with van der Waals surface area (Å²) >= 11 is 0. The third-order valence-electron chi connectivity index (χ3n) is 4.01. The van der Waals surface area contributed by atoms with E-state index in [1.807, 2.05) is 20.8 Å². The Labute approximate surface area is 138 Å². The molecule has 3 rings (SSSR count). The van der Waals surface area contributed by atoms with E-state index in [1.165, 1.54) is 4.40 Å². The highest BCUT2D eigenvalue weighted by Gasteiger charge is 2.18. The zero-order chi connectivity index (χ0) is 17.3. The van der Waals surface area contributed by atoms with E-state index in [4.69, 9.17) is 4.52 Å². The highest BCUT2D eigenvalue weighted by atomic mass is 19.1. The van der Waals surface area contributed by atoms with E-state index in [1.54, 1.807) is 18.3 Å². The first-order valence-corrected chi connectivity index (χ1v) is 7.81. The molecule has 0 saturated carbocycles. The zero-order valence-electron chi connectivity index (χ0n) is 13.9. The minimum Gasteiger partial charge on any atom is -0.361 e. The van der Waals surface area contributed by atoms with E-state index in [2.05, 4.69) is 15.5 Å². The Kier molecular flexibility index (Phi) is 4.33. The second-order valence-corrected chi connectivity index (χ2v) is 5.85. The van der Waals surface area contributed by atoms with Crippen LogP contribution in [0.2, 0.25) is 0 Å². The summed E-state index contributed by atoms with van der Waals surface area (Å²) in [5, 5.41) is 6.61. The Morgan fingerprint density at radius 2 is 2.17 bits per heavy atom. The first kappa shape index (κ1) is 16.2. The van der Waals surface area contributed by atoms with Gasteiger partial charge in [-0.25, -0.2) is 4.98 Å². The molecular formula is C17H19FN4O2. The summed E-state index contributed by atoms with van der Waals surface area (Å²) in [6.07, 6.45) is 3.03. The van der Waals surface area contributed by atoms with Crippen molar-refractivity contribution in [2.75, 3.05) is 6.54 Å². The molecule has 0 aliphatic rings. The van der Waals surface area contributed by atoms with E-state index in [-0.39, 0.29) is 5.69 Å². The number of imidazole rings is 1. The number of pyridine rings is 1. The van der Waals surface area contributed by atoms with E-state index in [0.717, 1.165) is 29.0 Å². The van der Waals surface area contributed by atoms with Gasteiger partial charge in [0.25, 0.3) is 5.91 Å². The van der Waals surface area contributed by atoms with Crippen molar-refractivity contribution in [2.24, 2.45) is 0 Å². The molecule has 1 N–H and O–H groups in total. The Hall–Kier alpha value is -2.70. The molecular weight excluding hydrogens is 311 g/mol. The molecule has 0 bridgehead atoms. The number of amides is 1. The van der Waals surface area contributed by atoms with Crippen LogP contribution >= 0.6 is 0 Å². The number of carbonyl (C=O) groups excluding carboxylic acids is 1. The van der Waals surface area contributed by atoms with Gasteiger partial charge in [-0.2, -0.15) is 4.39 Å². The Balaban J connectivity index is 1.62. The second kappa shape index (κ2) is 6.43. The normalized spacial score (nSPS) is 11.2. The molecule has 0 aromatic carbocycles. The van der Waals surface area contributed by atoms with E-state index in [9.17, 15) is 9.18 Å². The fraction of sp³-hybridized carbons (Fsp3) is 0.353. The summed E-state index contributed by atoms with van der Waals surface area (Å²) in [4.78, 5) is 16.2. The maximum absolute atomic E-state index is 14.3. The minimum absolute atomic E-state index is 0.182. The van der Waals surface area contributed by atoms with Gasteiger partial charge in [0.05, 0.1) is 5.69 Å². The van der Waals surface area contributed by atoms with Crippen LogP contribution in [0.25, 0.3) is 5.65 Å². The molecule has 3 aromatic rings. The smallest absolute Gasteiger partial charge is 0.274 e. The van der Waals surface area contributed by atoms with E-state index in [0.29, 0.717) is 18.6 Å². The highest BCUT2D eigenvalue weighted by molar-refractivity contribution is 5.93. The number of halogens is 1. The molecule has 0 aliphatic heterocycles. The fourth-order valence-electron chi connectivity index (χ4n) is 2.67. The van der Waals surface area contributed by atoms with Crippen molar-refractivity contribution in [3.63, 3.8) is 0 Å². The quantitative estimate of drug-likeness (QED) is 0.730. The van der Waals surface area contributed by atoms with Gasteiger partial charge in [0, 0.05) is 18.3 Å². The molecule has 126 valence electrons. The van der Waals surface area contributed by atoms with Gasteiger partial charge in [-0.3, -0.25) is 9.20 Å². The monoisotopic (exact) mass is 330 g/mol. The van der Waals surface area contributed by atoms with Crippen molar-refractivity contribution < 1.29 is 13.7 Å². The molecule has 0 fully saturated rings. The molecule has 24 heavy (non-hydrogen) atoms. The number of nitrogens with one attached hydrogen (secondary N) is 1. The van der Waals surface area contributed by atoms with Gasteiger partial charge in [-0.15, -0.1) is 0 Å². The van der Waals surface area contributed by atoms with E-state index < -0.39 is 11.9 Å². The van der Waals surface area contributed by atoms with Gasteiger partial charge in [0.1, 0.15) is 11.4 Å². The zero-order valence-corrected chi connectivity index (χ0v) is 13.9. The molecule has 0 unspecified atom stereocenters. The number of rotatable bonds is 5. The van der Waals surface area contributed by atoms with Crippen molar-refractivity contribution in [3.05, 3.63) is 52.6 Å². The predicted molar refractivity (Wildman–Crippen MR) is 86.5 cm³/mol. The molecule has 3 heterocycles. The van der Waals surface area contributed by atoms with Crippen molar-refractivity contribution >= 4 is 11.6 Å². The van der Waals surface area contributed by atoms with Gasteiger partial charge in [-0.1, -0.05) is 5.16 Å². The average molecular weight is 330 g/mol. The lowest BCUT2D eigenvalue weighted by molar-refractivity contribution is 0.0944. The number of hydrogen-bond donors (Lipinski definition) is 1. The van der Waals surface area contributed by atoms with Crippen LogP contribution in [0.15, 0.2) is 22.9 Å². The minimum atomic E-state index is -0.645. The van der Waals surface area contributed by atoms with Crippen LogP contribution < -0.4 is 5.32 Å². The maximum atomic E-state index is 14.3. The topological polar surface area (TPSA) is 72.4 Å². The number of hydrogen-bond acceptors (Lipinski definition) is 4.